The molecule has 1 aliphatic carbocycles. The zero-order valence-corrected chi connectivity index (χ0v) is 16.9. The fourth-order valence-corrected chi connectivity index (χ4v) is 4.31. The van der Waals surface area contributed by atoms with Gasteiger partial charge >= 0.3 is 0 Å². The molecule has 1 saturated carbocycles. The summed E-state index contributed by atoms with van der Waals surface area (Å²) >= 11 is 6.42. The van der Waals surface area contributed by atoms with Crippen molar-refractivity contribution in [3.8, 4) is 0 Å². The highest BCUT2D eigenvalue weighted by molar-refractivity contribution is 6.31. The maximum absolute atomic E-state index is 12.9. The van der Waals surface area contributed by atoms with E-state index in [1.807, 2.05) is 24.3 Å². The van der Waals surface area contributed by atoms with Gasteiger partial charge in [-0.3, -0.25) is 9.78 Å². The molecule has 1 N–H and O–H groups in total. The lowest BCUT2D eigenvalue weighted by Gasteiger charge is -2.11. The number of ether oxygens (including phenoxy) is 1. The van der Waals surface area contributed by atoms with Crippen molar-refractivity contribution in [2.45, 2.75) is 25.9 Å². The summed E-state index contributed by atoms with van der Waals surface area (Å²) in [6.07, 6.45) is 4.40. The third-order valence-electron chi connectivity index (χ3n) is 5.66. The smallest absolute Gasteiger partial charge is 0.184 e. The lowest BCUT2D eigenvalue weighted by atomic mass is 9.96. The minimum Gasteiger partial charge on any atom is -0.380 e. The number of hydrogen-bond acceptors (Lipinski definition) is 3. The van der Waals surface area contributed by atoms with E-state index in [2.05, 4.69) is 28.2 Å². The number of aromatic amines is 1. The lowest BCUT2D eigenvalue weighted by Crippen LogP contribution is -2.10. The van der Waals surface area contributed by atoms with Gasteiger partial charge in [-0.2, -0.15) is 0 Å². The number of ketones is 1. The van der Waals surface area contributed by atoms with Crippen LogP contribution >= 0.6 is 11.6 Å². The molecule has 0 spiro atoms. The fraction of sp³-hybridized carbons (Fsp3) is 0.250. The van der Waals surface area contributed by atoms with Gasteiger partial charge in [-0.05, 0) is 42.5 Å². The van der Waals surface area contributed by atoms with Crippen molar-refractivity contribution < 1.29 is 9.53 Å². The molecule has 1 fully saturated rings. The Hall–Kier alpha value is -2.69. The van der Waals surface area contributed by atoms with Gasteiger partial charge < -0.3 is 9.72 Å². The average Bonchev–Trinajstić information content (AvgIpc) is 3.50. The van der Waals surface area contributed by atoms with Gasteiger partial charge in [-0.15, -0.1) is 0 Å². The van der Waals surface area contributed by atoms with Gasteiger partial charge in [0, 0.05) is 39.9 Å². The third-order valence-corrected chi connectivity index (χ3v) is 6.03. The van der Waals surface area contributed by atoms with Crippen LogP contribution in [0.4, 0.5) is 0 Å². The fourth-order valence-electron chi connectivity index (χ4n) is 4.11. The number of carbonyl (C=O) groups excluding carboxylic acids is 1. The van der Waals surface area contributed by atoms with E-state index < -0.39 is 0 Å². The van der Waals surface area contributed by atoms with Gasteiger partial charge in [-0.25, -0.2) is 0 Å². The molecule has 2 aromatic heterocycles. The van der Waals surface area contributed by atoms with Gasteiger partial charge in [0.2, 0.25) is 0 Å². The molecular formula is C24H21ClN2O2. The van der Waals surface area contributed by atoms with Crippen LogP contribution in [0.1, 0.15) is 40.0 Å². The van der Waals surface area contributed by atoms with Gasteiger partial charge in [-0.1, -0.05) is 41.9 Å². The van der Waals surface area contributed by atoms with Crippen LogP contribution in [0.15, 0.2) is 48.7 Å². The molecule has 5 rings (SSSR count). The van der Waals surface area contributed by atoms with Crippen LogP contribution in [0.3, 0.4) is 0 Å². The molecular weight excluding hydrogens is 384 g/mol. The van der Waals surface area contributed by atoms with Crippen molar-refractivity contribution in [2.24, 2.45) is 5.92 Å². The first kappa shape index (κ1) is 18.3. The summed E-state index contributed by atoms with van der Waals surface area (Å²) in [5.41, 5.74) is 5.61. The van der Waals surface area contributed by atoms with Gasteiger partial charge in [0.15, 0.2) is 5.78 Å². The number of hydrogen-bond donors (Lipinski definition) is 1. The molecule has 146 valence electrons. The second-order valence-corrected chi connectivity index (χ2v) is 8.09. The van der Waals surface area contributed by atoms with Gasteiger partial charge in [0.05, 0.1) is 18.3 Å². The van der Waals surface area contributed by atoms with Crippen LogP contribution in [0.2, 0.25) is 5.02 Å². The Morgan fingerprint density at radius 1 is 1.10 bits per heavy atom. The maximum Gasteiger partial charge on any atom is 0.184 e. The van der Waals surface area contributed by atoms with Crippen molar-refractivity contribution >= 4 is 39.2 Å². The predicted octanol–water partition coefficient (Wildman–Crippen LogP) is 5.70. The van der Waals surface area contributed by atoms with Crippen LogP contribution < -0.4 is 0 Å². The number of H-pyrrole nitrogens is 1. The van der Waals surface area contributed by atoms with Crippen molar-refractivity contribution in [2.75, 3.05) is 7.11 Å². The van der Waals surface area contributed by atoms with Crippen LogP contribution in [-0.2, 0) is 17.8 Å². The van der Waals surface area contributed by atoms with E-state index in [4.69, 9.17) is 16.3 Å². The number of nitrogens with zero attached hydrogens (tertiary/aromatic N) is 1. The van der Waals surface area contributed by atoms with Crippen molar-refractivity contribution in [3.63, 3.8) is 0 Å². The topological polar surface area (TPSA) is 55.0 Å². The Morgan fingerprint density at radius 3 is 2.66 bits per heavy atom. The number of methoxy groups -OCH3 is 1. The summed E-state index contributed by atoms with van der Waals surface area (Å²) in [7, 11) is 1.66. The molecule has 5 heteroatoms. The normalized spacial score (nSPS) is 14.0. The highest BCUT2D eigenvalue weighted by Crippen LogP contribution is 2.37. The Labute approximate surface area is 173 Å². The molecule has 0 atom stereocenters. The quantitative estimate of drug-likeness (QED) is 0.419. The zero-order valence-electron chi connectivity index (χ0n) is 16.2. The van der Waals surface area contributed by atoms with E-state index >= 15 is 0 Å². The molecule has 29 heavy (non-hydrogen) atoms. The number of aromatic nitrogens is 2. The minimum atomic E-state index is 0.114. The molecule has 0 amide bonds. The van der Waals surface area contributed by atoms with Crippen molar-refractivity contribution in [3.05, 3.63) is 76.1 Å². The Balaban J connectivity index is 1.76. The summed E-state index contributed by atoms with van der Waals surface area (Å²) in [6, 6.07) is 14.1. The second-order valence-electron chi connectivity index (χ2n) is 7.68. The summed E-state index contributed by atoms with van der Waals surface area (Å²) in [6.45, 7) is 0.353. The van der Waals surface area contributed by atoms with E-state index in [1.165, 1.54) is 0 Å². The number of carbonyl (C=O) groups is 1. The highest BCUT2D eigenvalue weighted by Gasteiger charge is 2.33. The summed E-state index contributed by atoms with van der Waals surface area (Å²) in [5.74, 6) is 0.250. The average molecular weight is 405 g/mol. The molecule has 0 aliphatic heterocycles. The largest absolute Gasteiger partial charge is 0.380 e. The van der Waals surface area contributed by atoms with E-state index in [0.717, 1.165) is 56.4 Å². The first-order valence-electron chi connectivity index (χ1n) is 9.85. The summed E-state index contributed by atoms with van der Waals surface area (Å²) in [4.78, 5) is 20.9. The third kappa shape index (κ3) is 3.22. The lowest BCUT2D eigenvalue weighted by molar-refractivity contribution is 0.0958. The van der Waals surface area contributed by atoms with E-state index in [-0.39, 0.29) is 11.7 Å². The SMILES string of the molecule is COCc1c(C(=O)C2CC2)ncc2[nH]c3cccc(Cc4ccccc4Cl)c3c12. The molecule has 4 nitrogen and oxygen atoms in total. The number of nitrogens with one attached hydrogen (secondary N) is 1. The minimum absolute atomic E-state index is 0.114. The van der Waals surface area contributed by atoms with Gasteiger partial charge in [0.1, 0.15) is 5.69 Å². The van der Waals surface area contributed by atoms with E-state index in [0.29, 0.717) is 18.7 Å². The van der Waals surface area contributed by atoms with Crippen LogP contribution in [-0.4, -0.2) is 22.9 Å². The Morgan fingerprint density at radius 2 is 1.90 bits per heavy atom. The standard InChI is InChI=1S/C24H21ClN2O2/c1-29-13-17-22-20(12-26-23(17)24(28)14-9-10-14)27-19-8-4-6-16(21(19)22)11-15-5-2-3-7-18(15)25/h2-8,12,14,27H,9-11,13H2,1H3. The zero-order chi connectivity index (χ0) is 20.0. The van der Waals surface area contributed by atoms with Gasteiger partial charge in [0.25, 0.3) is 0 Å². The molecule has 1 aliphatic rings. The molecule has 0 unspecified atom stereocenters. The number of rotatable bonds is 6. The second kappa shape index (κ2) is 7.29. The first-order valence-corrected chi connectivity index (χ1v) is 10.2. The van der Waals surface area contributed by atoms with Crippen molar-refractivity contribution in [1.29, 1.82) is 0 Å². The Kier molecular flexibility index (Phi) is 4.61. The molecule has 4 aromatic rings. The molecule has 0 saturated heterocycles. The maximum atomic E-state index is 12.9. The molecule has 2 heterocycles. The van der Waals surface area contributed by atoms with Crippen LogP contribution in [0.25, 0.3) is 21.8 Å². The van der Waals surface area contributed by atoms with E-state index in [9.17, 15) is 4.79 Å². The molecule has 0 radical (unpaired) electrons. The molecule has 2 aromatic carbocycles. The summed E-state index contributed by atoms with van der Waals surface area (Å²) < 4.78 is 5.50. The summed E-state index contributed by atoms with van der Waals surface area (Å²) in [5, 5.41) is 2.90. The number of benzene rings is 2. The number of halogens is 1. The highest BCUT2D eigenvalue weighted by atomic mass is 35.5. The molecule has 0 bridgehead atoms. The number of pyridine rings is 1. The predicted molar refractivity (Wildman–Crippen MR) is 116 cm³/mol. The number of fused-ring (bicyclic) bond motifs is 3. The monoisotopic (exact) mass is 404 g/mol. The number of Topliss-reactive ketones (excluding diaryl/α,β-unsaturated/α-hetero) is 1. The van der Waals surface area contributed by atoms with E-state index in [1.54, 1.807) is 13.3 Å². The van der Waals surface area contributed by atoms with Crippen LogP contribution in [0, 0.1) is 5.92 Å². The Bertz CT molecular complexity index is 1240. The first-order chi connectivity index (χ1) is 14.2. The van der Waals surface area contributed by atoms with Crippen molar-refractivity contribution in [1.82, 2.24) is 9.97 Å². The van der Waals surface area contributed by atoms with Crippen LogP contribution in [0.5, 0.6) is 0 Å².